The van der Waals surface area contributed by atoms with E-state index in [2.05, 4.69) is 40.1 Å². The van der Waals surface area contributed by atoms with Gasteiger partial charge in [0, 0.05) is 43.5 Å². The Bertz CT molecular complexity index is 790. The van der Waals surface area contributed by atoms with Crippen molar-refractivity contribution >= 4 is 23.2 Å². The number of hydrogen-bond acceptors (Lipinski definition) is 4. The number of hydrogen-bond donors (Lipinski definition) is 2. The van der Waals surface area contributed by atoms with Crippen molar-refractivity contribution in [1.29, 1.82) is 0 Å². The highest BCUT2D eigenvalue weighted by atomic mass is 32.1. The van der Waals surface area contributed by atoms with Crippen LogP contribution >= 0.6 is 11.3 Å². The standard InChI is InChI=1S/C22H31N5OS/c1-2-23-22(24-13-9-15-27-14-8-4-7-12-21(27)28)25-16-20-26-19(17-29-20)18-10-5-3-6-11-18/h3,5-6,10-11,17H,2,4,7-9,12-16H2,1H3,(H2,23,24,25). The van der Waals surface area contributed by atoms with Crippen LogP contribution in [-0.4, -0.2) is 47.9 Å². The summed E-state index contributed by atoms with van der Waals surface area (Å²) in [7, 11) is 0. The van der Waals surface area contributed by atoms with Crippen molar-refractivity contribution in [2.45, 2.75) is 45.6 Å². The van der Waals surface area contributed by atoms with Crippen molar-refractivity contribution in [2.24, 2.45) is 4.99 Å². The Hall–Kier alpha value is -2.41. The Morgan fingerprint density at radius 2 is 2.07 bits per heavy atom. The van der Waals surface area contributed by atoms with Crippen LogP contribution in [0.1, 0.15) is 44.0 Å². The first-order chi connectivity index (χ1) is 14.3. The van der Waals surface area contributed by atoms with Gasteiger partial charge >= 0.3 is 0 Å². The highest BCUT2D eigenvalue weighted by Gasteiger charge is 2.15. The number of carbonyl (C=O) groups excluding carboxylic acids is 1. The second kappa shape index (κ2) is 11.6. The van der Waals surface area contributed by atoms with Crippen LogP contribution in [0.3, 0.4) is 0 Å². The smallest absolute Gasteiger partial charge is 0.222 e. The van der Waals surface area contributed by atoms with E-state index in [1.54, 1.807) is 11.3 Å². The Morgan fingerprint density at radius 1 is 1.21 bits per heavy atom. The number of carbonyl (C=O) groups is 1. The van der Waals surface area contributed by atoms with Crippen LogP contribution in [0, 0.1) is 0 Å². The highest BCUT2D eigenvalue weighted by molar-refractivity contribution is 7.09. The molecule has 29 heavy (non-hydrogen) atoms. The third-order valence-electron chi connectivity index (χ3n) is 4.91. The molecule has 6 nitrogen and oxygen atoms in total. The van der Waals surface area contributed by atoms with E-state index in [1.165, 1.54) is 6.42 Å². The van der Waals surface area contributed by atoms with E-state index in [1.807, 2.05) is 23.1 Å². The fourth-order valence-corrected chi connectivity index (χ4v) is 4.09. The SMILES string of the molecule is CCNC(=NCc1nc(-c2ccccc2)cs1)NCCCN1CCCCCC1=O. The summed E-state index contributed by atoms with van der Waals surface area (Å²) in [6.45, 7) is 5.94. The van der Waals surface area contributed by atoms with Gasteiger partial charge in [-0.05, 0) is 26.2 Å². The van der Waals surface area contributed by atoms with Crippen molar-refractivity contribution in [3.05, 3.63) is 40.7 Å². The van der Waals surface area contributed by atoms with Gasteiger partial charge in [0.1, 0.15) is 5.01 Å². The molecule has 1 aliphatic rings. The molecule has 0 spiro atoms. The normalized spacial score (nSPS) is 15.3. The maximum absolute atomic E-state index is 12.1. The van der Waals surface area contributed by atoms with Gasteiger partial charge in [-0.25, -0.2) is 9.98 Å². The molecule has 3 rings (SSSR count). The molecule has 1 fully saturated rings. The maximum atomic E-state index is 12.1. The first-order valence-electron chi connectivity index (χ1n) is 10.6. The molecule has 156 valence electrons. The van der Waals surface area contributed by atoms with Crippen molar-refractivity contribution in [3.8, 4) is 11.3 Å². The molecule has 0 aliphatic carbocycles. The molecule has 1 aromatic carbocycles. The number of likely N-dealkylation sites (tertiary alicyclic amines) is 1. The molecule has 0 radical (unpaired) electrons. The summed E-state index contributed by atoms with van der Waals surface area (Å²) in [4.78, 5) is 23.5. The maximum Gasteiger partial charge on any atom is 0.222 e. The van der Waals surface area contributed by atoms with Crippen LogP contribution in [-0.2, 0) is 11.3 Å². The van der Waals surface area contributed by atoms with Crippen LogP contribution in [0.25, 0.3) is 11.3 Å². The summed E-state index contributed by atoms with van der Waals surface area (Å²) in [5.74, 6) is 1.10. The number of aliphatic imine (C=N–C) groups is 1. The van der Waals surface area contributed by atoms with E-state index in [4.69, 9.17) is 4.98 Å². The highest BCUT2D eigenvalue weighted by Crippen LogP contribution is 2.21. The molecule has 1 aliphatic heterocycles. The van der Waals surface area contributed by atoms with E-state index >= 15 is 0 Å². The lowest BCUT2D eigenvalue weighted by molar-refractivity contribution is -0.130. The summed E-state index contributed by atoms with van der Waals surface area (Å²) in [5, 5.41) is 9.74. The number of rotatable bonds is 8. The van der Waals surface area contributed by atoms with E-state index in [0.717, 1.165) is 67.7 Å². The minimum Gasteiger partial charge on any atom is -0.357 e. The third kappa shape index (κ3) is 6.85. The molecule has 2 N–H and O–H groups in total. The van der Waals surface area contributed by atoms with Crippen molar-refractivity contribution in [3.63, 3.8) is 0 Å². The lowest BCUT2D eigenvalue weighted by Gasteiger charge is -2.20. The predicted octanol–water partition coefficient (Wildman–Crippen LogP) is 3.66. The molecular weight excluding hydrogens is 382 g/mol. The molecule has 2 aromatic rings. The topological polar surface area (TPSA) is 69.6 Å². The van der Waals surface area contributed by atoms with Gasteiger partial charge < -0.3 is 15.5 Å². The molecule has 1 aromatic heterocycles. The fourth-order valence-electron chi connectivity index (χ4n) is 3.37. The van der Waals surface area contributed by atoms with Crippen molar-refractivity contribution < 1.29 is 4.79 Å². The van der Waals surface area contributed by atoms with Crippen LogP contribution in [0.5, 0.6) is 0 Å². The molecule has 7 heteroatoms. The minimum absolute atomic E-state index is 0.307. The van der Waals surface area contributed by atoms with Gasteiger partial charge in [0.05, 0.1) is 12.2 Å². The summed E-state index contributed by atoms with van der Waals surface area (Å²) in [6, 6.07) is 10.2. The van der Waals surface area contributed by atoms with E-state index in [-0.39, 0.29) is 0 Å². The van der Waals surface area contributed by atoms with Crippen LogP contribution in [0.2, 0.25) is 0 Å². The van der Waals surface area contributed by atoms with Gasteiger partial charge in [0.15, 0.2) is 5.96 Å². The molecule has 1 saturated heterocycles. The molecular formula is C22H31N5OS. The first-order valence-corrected chi connectivity index (χ1v) is 11.4. The van der Waals surface area contributed by atoms with Gasteiger partial charge in [-0.2, -0.15) is 0 Å². The third-order valence-corrected chi connectivity index (χ3v) is 5.74. The largest absolute Gasteiger partial charge is 0.357 e. The second-order valence-electron chi connectivity index (χ2n) is 7.16. The molecule has 0 unspecified atom stereocenters. The van der Waals surface area contributed by atoms with Gasteiger partial charge in [0.2, 0.25) is 5.91 Å². The Balaban J connectivity index is 1.47. The van der Waals surface area contributed by atoms with Gasteiger partial charge in [-0.1, -0.05) is 36.8 Å². The number of guanidine groups is 1. The number of nitrogens with zero attached hydrogens (tertiary/aromatic N) is 3. The fraction of sp³-hybridized carbons (Fsp3) is 0.500. The second-order valence-corrected chi connectivity index (χ2v) is 8.10. The number of benzene rings is 1. The summed E-state index contributed by atoms with van der Waals surface area (Å²) >= 11 is 1.64. The van der Waals surface area contributed by atoms with E-state index < -0.39 is 0 Å². The monoisotopic (exact) mass is 413 g/mol. The lowest BCUT2D eigenvalue weighted by Crippen LogP contribution is -2.39. The van der Waals surface area contributed by atoms with Gasteiger partial charge in [0.25, 0.3) is 0 Å². The Labute approximate surface area is 177 Å². The zero-order valence-corrected chi connectivity index (χ0v) is 18.0. The molecule has 0 atom stereocenters. The summed E-state index contributed by atoms with van der Waals surface area (Å²) < 4.78 is 0. The van der Waals surface area contributed by atoms with Gasteiger partial charge in [-0.3, -0.25) is 4.79 Å². The van der Waals surface area contributed by atoms with Crippen LogP contribution in [0.15, 0.2) is 40.7 Å². The average Bonchev–Trinajstić information content (AvgIpc) is 3.13. The molecule has 2 heterocycles. The Morgan fingerprint density at radius 3 is 2.90 bits per heavy atom. The summed E-state index contributed by atoms with van der Waals surface area (Å²) in [6.07, 6.45) is 4.96. The van der Waals surface area contributed by atoms with Crippen LogP contribution < -0.4 is 10.6 Å². The zero-order chi connectivity index (χ0) is 20.3. The predicted molar refractivity (Wildman–Crippen MR) is 120 cm³/mol. The average molecular weight is 414 g/mol. The number of amides is 1. The van der Waals surface area contributed by atoms with Crippen molar-refractivity contribution in [1.82, 2.24) is 20.5 Å². The Kier molecular flexibility index (Phi) is 8.49. The first kappa shape index (κ1) is 21.3. The van der Waals surface area contributed by atoms with E-state index in [0.29, 0.717) is 18.9 Å². The molecule has 0 bridgehead atoms. The zero-order valence-electron chi connectivity index (χ0n) is 17.2. The molecule has 0 saturated carbocycles. The number of aromatic nitrogens is 1. The van der Waals surface area contributed by atoms with Crippen LogP contribution in [0.4, 0.5) is 0 Å². The quantitative estimate of drug-likeness (QED) is 0.394. The lowest BCUT2D eigenvalue weighted by atomic mass is 10.2. The van der Waals surface area contributed by atoms with Crippen molar-refractivity contribution in [2.75, 3.05) is 26.2 Å². The number of nitrogens with one attached hydrogen (secondary N) is 2. The minimum atomic E-state index is 0.307. The summed E-state index contributed by atoms with van der Waals surface area (Å²) in [5.41, 5.74) is 2.13. The van der Waals surface area contributed by atoms with E-state index in [9.17, 15) is 4.79 Å². The number of thiazole rings is 1. The van der Waals surface area contributed by atoms with Gasteiger partial charge in [-0.15, -0.1) is 11.3 Å². The molecule has 1 amide bonds.